The molecule has 88 valence electrons. The van der Waals surface area contributed by atoms with Crippen LogP contribution in [0.2, 0.25) is 0 Å². The predicted octanol–water partition coefficient (Wildman–Crippen LogP) is 2.62. The minimum Gasteiger partial charge on any atom is -0.496 e. The van der Waals surface area contributed by atoms with Gasteiger partial charge in [-0.2, -0.15) is 0 Å². The molecule has 0 aliphatic carbocycles. The van der Waals surface area contributed by atoms with Crippen molar-refractivity contribution >= 4 is 5.78 Å². The maximum Gasteiger partial charge on any atom is 0.133 e. The normalized spacial score (nSPS) is 10.2. The predicted molar refractivity (Wildman–Crippen MR) is 63.9 cm³/mol. The third kappa shape index (κ3) is 2.81. The number of aromatic nitrogens is 1. The van der Waals surface area contributed by atoms with Crippen LogP contribution in [0.4, 0.5) is 0 Å². The lowest BCUT2D eigenvalue weighted by atomic mass is 10.0. The van der Waals surface area contributed by atoms with Crippen molar-refractivity contribution in [2.75, 3.05) is 7.11 Å². The Morgan fingerprint density at radius 1 is 1.44 bits per heavy atom. The van der Waals surface area contributed by atoms with Gasteiger partial charge in [-0.1, -0.05) is 6.92 Å². The van der Waals surface area contributed by atoms with Gasteiger partial charge in [0.05, 0.1) is 7.11 Å². The van der Waals surface area contributed by atoms with Crippen LogP contribution in [0.25, 0.3) is 0 Å². The first-order valence-electron chi connectivity index (χ1n) is 5.60. The fourth-order valence-electron chi connectivity index (χ4n) is 1.76. The summed E-state index contributed by atoms with van der Waals surface area (Å²) in [5.41, 5.74) is 3.04. The van der Waals surface area contributed by atoms with E-state index in [1.54, 1.807) is 13.3 Å². The summed E-state index contributed by atoms with van der Waals surface area (Å²) >= 11 is 0. The SMILES string of the molecule is CCC(=O)CCc1ncc(C)c(OC)c1C. The molecule has 0 N–H and O–H groups in total. The Hall–Kier alpha value is -1.38. The lowest BCUT2D eigenvalue weighted by molar-refractivity contribution is -0.118. The van der Waals surface area contributed by atoms with Gasteiger partial charge in [0, 0.05) is 35.9 Å². The van der Waals surface area contributed by atoms with Crippen molar-refractivity contribution < 1.29 is 9.53 Å². The Labute approximate surface area is 96.8 Å². The molecule has 0 atom stereocenters. The van der Waals surface area contributed by atoms with Crippen molar-refractivity contribution in [1.29, 1.82) is 0 Å². The maximum atomic E-state index is 11.3. The number of Topliss-reactive ketones (excluding diaryl/α,β-unsaturated/α-hetero) is 1. The highest BCUT2D eigenvalue weighted by Gasteiger charge is 2.10. The molecular weight excluding hydrogens is 202 g/mol. The summed E-state index contributed by atoms with van der Waals surface area (Å²) in [6.45, 7) is 5.85. The van der Waals surface area contributed by atoms with Crippen LogP contribution < -0.4 is 4.74 Å². The molecular formula is C13H19NO2. The summed E-state index contributed by atoms with van der Waals surface area (Å²) in [5, 5.41) is 0. The average molecular weight is 221 g/mol. The number of ketones is 1. The largest absolute Gasteiger partial charge is 0.496 e. The molecule has 0 aliphatic rings. The summed E-state index contributed by atoms with van der Waals surface area (Å²) in [4.78, 5) is 15.6. The van der Waals surface area contributed by atoms with Crippen LogP contribution in [0.3, 0.4) is 0 Å². The molecule has 16 heavy (non-hydrogen) atoms. The zero-order valence-corrected chi connectivity index (χ0v) is 10.5. The van der Waals surface area contributed by atoms with Crippen molar-refractivity contribution in [3.8, 4) is 5.75 Å². The molecule has 0 unspecified atom stereocenters. The summed E-state index contributed by atoms with van der Waals surface area (Å²) in [6.07, 6.45) is 3.67. The number of nitrogens with zero attached hydrogens (tertiary/aromatic N) is 1. The minimum atomic E-state index is 0.278. The second kappa shape index (κ2) is 5.64. The van der Waals surface area contributed by atoms with Crippen LogP contribution in [-0.4, -0.2) is 17.9 Å². The van der Waals surface area contributed by atoms with Crippen LogP contribution in [0.15, 0.2) is 6.20 Å². The van der Waals surface area contributed by atoms with Gasteiger partial charge in [-0.05, 0) is 20.3 Å². The quantitative estimate of drug-likeness (QED) is 0.767. The van der Waals surface area contributed by atoms with Crippen LogP contribution in [0.5, 0.6) is 5.75 Å². The number of aryl methyl sites for hydroxylation is 2. The second-order valence-corrected chi connectivity index (χ2v) is 3.94. The fraction of sp³-hybridized carbons (Fsp3) is 0.538. The number of carbonyl (C=O) groups excluding carboxylic acids is 1. The molecule has 3 heteroatoms. The van der Waals surface area contributed by atoms with Gasteiger partial charge in [-0.3, -0.25) is 9.78 Å². The molecule has 0 amide bonds. The first-order valence-corrected chi connectivity index (χ1v) is 5.60. The van der Waals surface area contributed by atoms with E-state index in [1.165, 1.54) is 0 Å². The number of rotatable bonds is 5. The minimum absolute atomic E-state index is 0.278. The molecule has 1 aromatic heterocycles. The summed E-state index contributed by atoms with van der Waals surface area (Å²) in [6, 6.07) is 0. The van der Waals surface area contributed by atoms with Gasteiger partial charge in [0.1, 0.15) is 11.5 Å². The molecule has 0 aromatic carbocycles. The molecule has 0 bridgehead atoms. The fourth-order valence-corrected chi connectivity index (χ4v) is 1.76. The van der Waals surface area contributed by atoms with Gasteiger partial charge < -0.3 is 4.74 Å². The number of ether oxygens (including phenoxy) is 1. The van der Waals surface area contributed by atoms with Gasteiger partial charge >= 0.3 is 0 Å². The van der Waals surface area contributed by atoms with Gasteiger partial charge in [0.15, 0.2) is 0 Å². The number of methoxy groups -OCH3 is 1. The van der Waals surface area contributed by atoms with Gasteiger partial charge in [-0.15, -0.1) is 0 Å². The Morgan fingerprint density at radius 3 is 2.69 bits per heavy atom. The van der Waals surface area contributed by atoms with E-state index in [2.05, 4.69) is 4.98 Å². The van der Waals surface area contributed by atoms with Crippen LogP contribution in [-0.2, 0) is 11.2 Å². The Kier molecular flexibility index (Phi) is 4.47. The maximum absolute atomic E-state index is 11.3. The van der Waals surface area contributed by atoms with Gasteiger partial charge in [-0.25, -0.2) is 0 Å². The Bertz CT molecular complexity index is 386. The standard InChI is InChI=1S/C13H19NO2/c1-5-11(15)6-7-12-10(3)13(16-4)9(2)8-14-12/h8H,5-7H2,1-4H3. The van der Waals surface area contributed by atoms with Gasteiger partial charge in [0.25, 0.3) is 0 Å². The molecule has 1 heterocycles. The van der Waals surface area contributed by atoms with Crippen molar-refractivity contribution in [2.45, 2.75) is 40.0 Å². The lowest BCUT2D eigenvalue weighted by Crippen LogP contribution is -2.03. The molecule has 1 rings (SSSR count). The average Bonchev–Trinajstić information content (AvgIpc) is 2.28. The van der Waals surface area contributed by atoms with E-state index in [-0.39, 0.29) is 5.78 Å². The monoisotopic (exact) mass is 221 g/mol. The zero-order valence-electron chi connectivity index (χ0n) is 10.5. The van der Waals surface area contributed by atoms with E-state index in [1.807, 2.05) is 20.8 Å². The first-order chi connectivity index (χ1) is 7.60. The molecule has 0 spiro atoms. The topological polar surface area (TPSA) is 39.2 Å². The zero-order chi connectivity index (χ0) is 12.1. The molecule has 3 nitrogen and oxygen atoms in total. The van der Waals surface area contributed by atoms with E-state index in [0.29, 0.717) is 19.3 Å². The van der Waals surface area contributed by atoms with Gasteiger partial charge in [0.2, 0.25) is 0 Å². The smallest absolute Gasteiger partial charge is 0.133 e. The number of carbonyl (C=O) groups is 1. The molecule has 0 saturated carbocycles. The molecule has 0 fully saturated rings. The van der Waals surface area contributed by atoms with Crippen LogP contribution >= 0.6 is 0 Å². The molecule has 0 aliphatic heterocycles. The van der Waals surface area contributed by atoms with E-state index < -0.39 is 0 Å². The number of hydrogen-bond donors (Lipinski definition) is 0. The van der Waals surface area contributed by atoms with Crippen LogP contribution in [0, 0.1) is 13.8 Å². The first kappa shape index (κ1) is 12.7. The third-order valence-electron chi connectivity index (χ3n) is 2.78. The highest BCUT2D eigenvalue weighted by atomic mass is 16.5. The Morgan fingerprint density at radius 2 is 2.12 bits per heavy atom. The van der Waals surface area contributed by atoms with E-state index >= 15 is 0 Å². The van der Waals surface area contributed by atoms with Crippen molar-refractivity contribution in [3.05, 3.63) is 23.0 Å². The third-order valence-corrected chi connectivity index (χ3v) is 2.78. The Balaban J connectivity index is 2.85. The summed E-state index contributed by atoms with van der Waals surface area (Å²) in [7, 11) is 1.66. The molecule has 0 saturated heterocycles. The summed E-state index contributed by atoms with van der Waals surface area (Å²) < 4.78 is 5.32. The van der Waals surface area contributed by atoms with Crippen LogP contribution in [0.1, 0.15) is 36.6 Å². The highest BCUT2D eigenvalue weighted by Crippen LogP contribution is 2.24. The van der Waals surface area contributed by atoms with Crippen molar-refractivity contribution in [2.24, 2.45) is 0 Å². The number of hydrogen-bond acceptors (Lipinski definition) is 3. The van der Waals surface area contributed by atoms with Crippen molar-refractivity contribution in [1.82, 2.24) is 4.98 Å². The van der Waals surface area contributed by atoms with Crippen molar-refractivity contribution in [3.63, 3.8) is 0 Å². The second-order valence-electron chi connectivity index (χ2n) is 3.94. The van der Waals surface area contributed by atoms with E-state index in [4.69, 9.17) is 4.74 Å². The van der Waals surface area contributed by atoms with E-state index in [9.17, 15) is 4.79 Å². The summed E-state index contributed by atoms with van der Waals surface area (Å²) in [5.74, 6) is 1.16. The highest BCUT2D eigenvalue weighted by molar-refractivity contribution is 5.78. The number of pyridine rings is 1. The lowest BCUT2D eigenvalue weighted by Gasteiger charge is -2.11. The van der Waals surface area contributed by atoms with E-state index in [0.717, 1.165) is 22.6 Å². The molecule has 0 radical (unpaired) electrons. The molecule has 1 aromatic rings.